The molecule has 3 aliphatic rings. The number of halogens is 1. The fourth-order valence-corrected chi connectivity index (χ4v) is 6.30. The van der Waals surface area contributed by atoms with Crippen LogP contribution < -0.4 is 0 Å². The topological polar surface area (TPSA) is 64.3 Å². The van der Waals surface area contributed by atoms with Crippen LogP contribution >= 0.6 is 0 Å². The average molecular weight is 459 g/mol. The van der Waals surface area contributed by atoms with Crippen LogP contribution in [0.4, 0.5) is 4.39 Å². The molecule has 2 saturated carbocycles. The molecule has 0 bridgehead atoms. The zero-order valence-corrected chi connectivity index (χ0v) is 19.1. The number of aromatic nitrogens is 2. The Morgan fingerprint density at radius 1 is 1.21 bits per heavy atom. The van der Waals surface area contributed by atoms with Crippen LogP contribution in [0.1, 0.15) is 59.8 Å². The molecule has 0 saturated heterocycles. The predicted molar refractivity (Wildman–Crippen MR) is 126 cm³/mol. The molecule has 0 radical (unpaired) electrons. The molecule has 0 spiro atoms. The van der Waals surface area contributed by atoms with Gasteiger partial charge in [-0.1, -0.05) is 23.8 Å². The van der Waals surface area contributed by atoms with Gasteiger partial charge >= 0.3 is 5.97 Å². The number of benzene rings is 2. The molecular weight excluding hydrogens is 431 g/mol. The van der Waals surface area contributed by atoms with Crippen LogP contribution in [0.25, 0.3) is 11.8 Å². The Balaban J connectivity index is 1.35. The van der Waals surface area contributed by atoms with Gasteiger partial charge in [-0.3, -0.25) is 0 Å². The third-order valence-corrected chi connectivity index (χ3v) is 8.19. The number of hydrogen-bond donors (Lipinski definition) is 1. The first-order chi connectivity index (χ1) is 16.4. The maximum atomic E-state index is 13.5. The number of ether oxygens (including phenoxy) is 1. The SMILES string of the molecule is C[C@]1(OCc2ccccc2C(=O)O)CCC2=Cc3c(cnn3-c3ccc(F)cc3)CC21C1CC1. The second kappa shape index (κ2) is 7.64. The van der Waals surface area contributed by atoms with E-state index in [-0.39, 0.29) is 23.4 Å². The average Bonchev–Trinajstić information content (AvgIpc) is 3.56. The zero-order valence-electron chi connectivity index (χ0n) is 19.1. The van der Waals surface area contributed by atoms with Gasteiger partial charge in [-0.25, -0.2) is 13.9 Å². The highest BCUT2D eigenvalue weighted by Gasteiger charge is 2.63. The Hall–Kier alpha value is -3.25. The number of carboxylic acids is 1. The quantitative estimate of drug-likeness (QED) is 0.506. The number of carboxylic acid groups (broad SMARTS) is 1. The number of hydrogen-bond acceptors (Lipinski definition) is 3. The van der Waals surface area contributed by atoms with Crippen LogP contribution in [0, 0.1) is 17.2 Å². The van der Waals surface area contributed by atoms with Crippen molar-refractivity contribution in [2.75, 3.05) is 0 Å². The summed E-state index contributed by atoms with van der Waals surface area (Å²) in [6.45, 7) is 2.49. The van der Waals surface area contributed by atoms with Gasteiger partial charge in [0.05, 0.1) is 35.3 Å². The van der Waals surface area contributed by atoms with Crippen molar-refractivity contribution in [2.45, 2.75) is 51.2 Å². The summed E-state index contributed by atoms with van der Waals surface area (Å²) < 4.78 is 22.0. The van der Waals surface area contributed by atoms with E-state index in [1.165, 1.54) is 36.1 Å². The fraction of sp³-hybridized carbons (Fsp3) is 0.357. The van der Waals surface area contributed by atoms with Gasteiger partial charge in [0.25, 0.3) is 0 Å². The van der Waals surface area contributed by atoms with E-state index < -0.39 is 5.97 Å². The molecule has 174 valence electrons. The van der Waals surface area contributed by atoms with E-state index in [0.29, 0.717) is 17.0 Å². The summed E-state index contributed by atoms with van der Waals surface area (Å²) in [5.74, 6) is -0.629. The molecule has 6 rings (SSSR count). The zero-order chi connectivity index (χ0) is 23.5. The van der Waals surface area contributed by atoms with Crippen LogP contribution in [0.3, 0.4) is 0 Å². The summed E-state index contributed by atoms with van der Waals surface area (Å²) >= 11 is 0. The third kappa shape index (κ3) is 3.16. The normalized spacial score (nSPS) is 25.5. The molecule has 1 aromatic heterocycles. The van der Waals surface area contributed by atoms with Gasteiger partial charge in [-0.05, 0) is 92.5 Å². The Morgan fingerprint density at radius 3 is 2.71 bits per heavy atom. The molecule has 6 heteroatoms. The lowest BCUT2D eigenvalue weighted by Gasteiger charge is -2.46. The van der Waals surface area contributed by atoms with Crippen LogP contribution in [0.15, 0.2) is 60.3 Å². The highest BCUT2D eigenvalue weighted by Crippen LogP contribution is 2.66. The van der Waals surface area contributed by atoms with Crippen molar-refractivity contribution in [3.8, 4) is 5.69 Å². The first-order valence-corrected chi connectivity index (χ1v) is 11.9. The second-order valence-corrected chi connectivity index (χ2v) is 10.0. The molecule has 2 aromatic carbocycles. The minimum Gasteiger partial charge on any atom is -0.478 e. The second-order valence-electron chi connectivity index (χ2n) is 10.0. The highest BCUT2D eigenvalue weighted by atomic mass is 19.1. The summed E-state index contributed by atoms with van der Waals surface area (Å²) in [4.78, 5) is 11.7. The third-order valence-electron chi connectivity index (χ3n) is 8.19. The summed E-state index contributed by atoms with van der Waals surface area (Å²) in [5.41, 5.74) is 5.02. The van der Waals surface area contributed by atoms with E-state index in [4.69, 9.17) is 4.74 Å². The van der Waals surface area contributed by atoms with Gasteiger partial charge in [0.2, 0.25) is 0 Å². The van der Waals surface area contributed by atoms with E-state index >= 15 is 0 Å². The van der Waals surface area contributed by atoms with Gasteiger partial charge in [-0.15, -0.1) is 0 Å². The number of fused-ring (bicyclic) bond motifs is 2. The minimum absolute atomic E-state index is 0.102. The standard InChI is InChI=1S/C28H27FN2O3/c1-27(34-17-18-4-2-3-5-24(18)26(32)33)13-12-21-14-25-19(15-28(21,27)20-6-7-20)16-30-31(25)23-10-8-22(29)9-11-23/h2-5,8-11,14,16,20H,6-7,12-13,15,17H2,1H3,(H,32,33)/t27-,28?/m0/s1. The van der Waals surface area contributed by atoms with E-state index in [9.17, 15) is 14.3 Å². The molecular formula is C28H27FN2O3. The van der Waals surface area contributed by atoms with Crippen molar-refractivity contribution < 1.29 is 19.0 Å². The number of nitrogens with zero attached hydrogens (tertiary/aromatic N) is 2. The summed E-state index contributed by atoms with van der Waals surface area (Å²) in [6, 6.07) is 13.5. The molecule has 1 heterocycles. The Morgan fingerprint density at radius 2 is 1.97 bits per heavy atom. The van der Waals surface area contributed by atoms with Crippen molar-refractivity contribution in [2.24, 2.45) is 11.3 Å². The molecule has 3 aromatic rings. The lowest BCUT2D eigenvalue weighted by molar-refractivity contribution is -0.114. The molecule has 0 amide bonds. The van der Waals surface area contributed by atoms with Gasteiger partial charge < -0.3 is 9.84 Å². The Labute approximate surface area is 197 Å². The van der Waals surface area contributed by atoms with Crippen molar-refractivity contribution in [3.05, 3.63) is 88.5 Å². The summed E-state index contributed by atoms with van der Waals surface area (Å²) in [7, 11) is 0. The van der Waals surface area contributed by atoms with Gasteiger partial charge in [0, 0.05) is 5.41 Å². The van der Waals surface area contributed by atoms with Crippen LogP contribution in [-0.2, 0) is 17.8 Å². The van der Waals surface area contributed by atoms with Crippen LogP contribution in [0.2, 0.25) is 0 Å². The number of carbonyl (C=O) groups is 1. The predicted octanol–water partition coefficient (Wildman–Crippen LogP) is 5.81. The Kier molecular flexibility index (Phi) is 4.78. The first kappa shape index (κ1) is 21.3. The summed E-state index contributed by atoms with van der Waals surface area (Å²) in [6.07, 6.45) is 9.30. The molecule has 34 heavy (non-hydrogen) atoms. The summed E-state index contributed by atoms with van der Waals surface area (Å²) in [5, 5.41) is 14.2. The van der Waals surface area contributed by atoms with Crippen molar-refractivity contribution >= 4 is 12.0 Å². The lowest BCUT2D eigenvalue weighted by atomic mass is 9.63. The van der Waals surface area contributed by atoms with E-state index in [1.54, 1.807) is 24.3 Å². The number of aromatic carboxylic acids is 1. The maximum absolute atomic E-state index is 13.5. The maximum Gasteiger partial charge on any atom is 0.336 e. The largest absolute Gasteiger partial charge is 0.478 e. The van der Waals surface area contributed by atoms with Crippen molar-refractivity contribution in [3.63, 3.8) is 0 Å². The molecule has 0 aliphatic heterocycles. The lowest BCUT2D eigenvalue weighted by Crippen LogP contribution is -2.48. The molecule has 2 fully saturated rings. The van der Waals surface area contributed by atoms with Crippen molar-refractivity contribution in [1.29, 1.82) is 0 Å². The van der Waals surface area contributed by atoms with Gasteiger partial charge in [-0.2, -0.15) is 5.10 Å². The van der Waals surface area contributed by atoms with Gasteiger partial charge in [0.15, 0.2) is 0 Å². The van der Waals surface area contributed by atoms with Crippen LogP contribution in [-0.4, -0.2) is 26.5 Å². The molecule has 3 aliphatic carbocycles. The van der Waals surface area contributed by atoms with E-state index in [2.05, 4.69) is 18.1 Å². The van der Waals surface area contributed by atoms with Gasteiger partial charge in [0.1, 0.15) is 5.82 Å². The van der Waals surface area contributed by atoms with Crippen LogP contribution in [0.5, 0.6) is 0 Å². The van der Waals surface area contributed by atoms with E-state index in [1.807, 2.05) is 23.0 Å². The smallest absolute Gasteiger partial charge is 0.336 e. The molecule has 1 unspecified atom stereocenters. The highest BCUT2D eigenvalue weighted by molar-refractivity contribution is 5.89. The van der Waals surface area contributed by atoms with Crippen molar-refractivity contribution in [1.82, 2.24) is 9.78 Å². The molecule has 5 nitrogen and oxygen atoms in total. The monoisotopic (exact) mass is 458 g/mol. The molecule has 2 atom stereocenters. The molecule has 1 N–H and O–H groups in total. The van der Waals surface area contributed by atoms with E-state index in [0.717, 1.165) is 30.6 Å². The number of rotatable bonds is 6. The minimum atomic E-state index is -0.927. The Bertz CT molecular complexity index is 1310. The first-order valence-electron chi connectivity index (χ1n) is 11.9. The fourth-order valence-electron chi connectivity index (χ4n) is 6.30.